The smallest absolute Gasteiger partial charge is 0.231 e. The van der Waals surface area contributed by atoms with Gasteiger partial charge in [0.15, 0.2) is 17.3 Å². The molecule has 0 bridgehead atoms. The van der Waals surface area contributed by atoms with Crippen LogP contribution in [0.4, 0.5) is 0 Å². The van der Waals surface area contributed by atoms with Crippen molar-refractivity contribution in [3.05, 3.63) is 59.9 Å². The van der Waals surface area contributed by atoms with E-state index in [4.69, 9.17) is 9.47 Å². The third-order valence-corrected chi connectivity index (χ3v) is 7.60. The van der Waals surface area contributed by atoms with Gasteiger partial charge < -0.3 is 14.4 Å². The number of fused-ring (bicyclic) bond motifs is 1. The summed E-state index contributed by atoms with van der Waals surface area (Å²) >= 11 is 0. The molecule has 4 rings (SSSR count). The minimum absolute atomic E-state index is 0.0640. The highest BCUT2D eigenvalue weighted by Crippen LogP contribution is 2.35. The second kappa shape index (κ2) is 11.7. The predicted molar refractivity (Wildman–Crippen MR) is 135 cm³/mol. The summed E-state index contributed by atoms with van der Waals surface area (Å²) in [7, 11) is -3.51. The first-order chi connectivity index (χ1) is 17.0. The van der Waals surface area contributed by atoms with Crippen molar-refractivity contribution in [1.82, 2.24) is 24.8 Å². The standard InChI is InChI=1S/C25H33N5O4S/c1-3-30(4-2)15-8-16-35(31,32)29-21(13-11-19-9-6-5-7-10-19)25-26-24(27-28-25)20-12-14-22-23(17-20)34-18-33-22/h5-7,9-10,12,14,17,21,29H,3-4,8,11,13,15-16,18H2,1-2H3,(H,26,27,28)/t21-/m1/s1. The third kappa shape index (κ3) is 6.81. The lowest BCUT2D eigenvalue weighted by molar-refractivity contribution is 0.174. The van der Waals surface area contributed by atoms with Crippen molar-refractivity contribution in [2.24, 2.45) is 0 Å². The highest BCUT2D eigenvalue weighted by atomic mass is 32.2. The molecule has 2 aromatic carbocycles. The third-order valence-electron chi connectivity index (χ3n) is 6.13. The first-order valence-corrected chi connectivity index (χ1v) is 13.7. The molecule has 35 heavy (non-hydrogen) atoms. The second-order valence-corrected chi connectivity index (χ2v) is 10.4. The van der Waals surface area contributed by atoms with Crippen molar-refractivity contribution >= 4 is 10.0 Å². The molecule has 0 saturated heterocycles. The lowest BCUT2D eigenvalue weighted by Crippen LogP contribution is -2.33. The maximum Gasteiger partial charge on any atom is 0.231 e. The minimum Gasteiger partial charge on any atom is -0.454 e. The van der Waals surface area contributed by atoms with Crippen molar-refractivity contribution in [3.63, 3.8) is 0 Å². The van der Waals surface area contributed by atoms with E-state index in [1.807, 2.05) is 48.5 Å². The molecule has 0 radical (unpaired) electrons. The Morgan fingerprint density at radius 3 is 2.63 bits per heavy atom. The van der Waals surface area contributed by atoms with Gasteiger partial charge in [0.2, 0.25) is 16.8 Å². The molecule has 1 atom stereocenters. The van der Waals surface area contributed by atoms with Crippen LogP contribution in [0.3, 0.4) is 0 Å². The molecule has 2 heterocycles. The summed E-state index contributed by atoms with van der Waals surface area (Å²) in [5.41, 5.74) is 1.90. The molecule has 10 heteroatoms. The van der Waals surface area contributed by atoms with Gasteiger partial charge in [0, 0.05) is 5.56 Å². The van der Waals surface area contributed by atoms with E-state index in [2.05, 4.69) is 38.7 Å². The van der Waals surface area contributed by atoms with Crippen LogP contribution in [0, 0.1) is 0 Å². The Morgan fingerprint density at radius 2 is 1.86 bits per heavy atom. The first kappa shape index (κ1) is 25.2. The SMILES string of the molecule is CCN(CC)CCCS(=O)(=O)N[C@H](CCc1ccccc1)c1nc(-c2ccc3c(c2)OCO3)n[nH]1. The van der Waals surface area contributed by atoms with E-state index >= 15 is 0 Å². The van der Waals surface area contributed by atoms with Crippen LogP contribution in [0.25, 0.3) is 11.4 Å². The zero-order valence-electron chi connectivity index (χ0n) is 20.2. The van der Waals surface area contributed by atoms with Gasteiger partial charge in [0.05, 0.1) is 11.8 Å². The van der Waals surface area contributed by atoms with Gasteiger partial charge in [-0.3, -0.25) is 5.10 Å². The predicted octanol–water partition coefficient (Wildman–Crippen LogP) is 3.53. The van der Waals surface area contributed by atoms with E-state index in [1.54, 1.807) is 0 Å². The number of aryl methyl sites for hydroxylation is 1. The van der Waals surface area contributed by atoms with Gasteiger partial charge in [-0.25, -0.2) is 18.1 Å². The van der Waals surface area contributed by atoms with Crippen molar-refractivity contribution in [2.75, 3.05) is 32.2 Å². The molecule has 2 N–H and O–H groups in total. The summed E-state index contributed by atoms with van der Waals surface area (Å²) in [6.45, 7) is 6.92. The number of rotatable bonds is 13. The Balaban J connectivity index is 1.49. The number of H-pyrrole nitrogens is 1. The zero-order chi connectivity index (χ0) is 24.7. The molecule has 188 valence electrons. The van der Waals surface area contributed by atoms with E-state index in [-0.39, 0.29) is 12.5 Å². The molecule has 1 aromatic heterocycles. The highest BCUT2D eigenvalue weighted by Gasteiger charge is 2.24. The van der Waals surface area contributed by atoms with E-state index in [9.17, 15) is 8.42 Å². The number of ether oxygens (including phenoxy) is 2. The number of sulfonamides is 1. The molecule has 0 fully saturated rings. The highest BCUT2D eigenvalue weighted by molar-refractivity contribution is 7.89. The van der Waals surface area contributed by atoms with E-state index in [0.29, 0.717) is 42.4 Å². The van der Waals surface area contributed by atoms with Crippen LogP contribution < -0.4 is 14.2 Å². The molecule has 0 unspecified atom stereocenters. The average Bonchev–Trinajstić information content (AvgIpc) is 3.54. The normalized spacial score (nSPS) is 13.9. The Morgan fingerprint density at radius 1 is 1.09 bits per heavy atom. The first-order valence-electron chi connectivity index (χ1n) is 12.1. The number of nitrogens with one attached hydrogen (secondary N) is 2. The fourth-order valence-electron chi connectivity index (χ4n) is 4.10. The molecule has 3 aromatic rings. The van der Waals surface area contributed by atoms with Crippen LogP contribution in [-0.2, 0) is 16.4 Å². The molecule has 1 aliphatic heterocycles. The summed E-state index contributed by atoms with van der Waals surface area (Å²) in [6.07, 6.45) is 1.82. The Labute approximate surface area is 206 Å². The number of aromatic amines is 1. The number of hydrogen-bond donors (Lipinski definition) is 2. The number of hydrogen-bond acceptors (Lipinski definition) is 7. The van der Waals surface area contributed by atoms with Gasteiger partial charge in [0.25, 0.3) is 0 Å². The Bertz CT molecular complexity index is 1200. The maximum absolute atomic E-state index is 13.0. The molecule has 9 nitrogen and oxygen atoms in total. The maximum atomic E-state index is 13.0. The lowest BCUT2D eigenvalue weighted by atomic mass is 10.1. The topological polar surface area (TPSA) is 109 Å². The fourth-order valence-corrected chi connectivity index (χ4v) is 5.39. The molecule has 0 amide bonds. The summed E-state index contributed by atoms with van der Waals surface area (Å²) in [5, 5.41) is 7.31. The summed E-state index contributed by atoms with van der Waals surface area (Å²) in [4.78, 5) is 6.86. The van der Waals surface area contributed by atoms with Crippen LogP contribution in [0.5, 0.6) is 11.5 Å². The molecule has 0 aliphatic carbocycles. The van der Waals surface area contributed by atoms with E-state index in [0.717, 1.165) is 30.8 Å². The summed E-state index contributed by atoms with van der Waals surface area (Å²) < 4.78 is 39.6. The van der Waals surface area contributed by atoms with Crippen LogP contribution >= 0.6 is 0 Å². The van der Waals surface area contributed by atoms with Crippen LogP contribution in [-0.4, -0.2) is 60.7 Å². The Hall–Kier alpha value is -2.95. The average molecular weight is 500 g/mol. The number of benzene rings is 2. The number of aromatic nitrogens is 3. The largest absolute Gasteiger partial charge is 0.454 e. The molecule has 0 spiro atoms. The molecular formula is C25H33N5O4S. The van der Waals surface area contributed by atoms with Gasteiger partial charge in [0.1, 0.15) is 5.82 Å². The fraction of sp³-hybridized carbons (Fsp3) is 0.440. The van der Waals surface area contributed by atoms with Crippen molar-refractivity contribution in [2.45, 2.75) is 39.2 Å². The monoisotopic (exact) mass is 499 g/mol. The molecular weight excluding hydrogens is 466 g/mol. The zero-order valence-corrected chi connectivity index (χ0v) is 21.1. The quantitative estimate of drug-likeness (QED) is 0.370. The van der Waals surface area contributed by atoms with Gasteiger partial charge in [-0.15, -0.1) is 0 Å². The van der Waals surface area contributed by atoms with Gasteiger partial charge in [-0.2, -0.15) is 5.10 Å². The number of nitrogens with zero attached hydrogens (tertiary/aromatic N) is 3. The van der Waals surface area contributed by atoms with E-state index in [1.165, 1.54) is 0 Å². The van der Waals surface area contributed by atoms with Gasteiger partial charge in [-0.05, 0) is 62.7 Å². The minimum atomic E-state index is -3.51. The van der Waals surface area contributed by atoms with Crippen molar-refractivity contribution < 1.29 is 17.9 Å². The summed E-state index contributed by atoms with van der Waals surface area (Å²) in [5.74, 6) is 2.35. The Kier molecular flexibility index (Phi) is 8.37. The van der Waals surface area contributed by atoms with Crippen LogP contribution in [0.15, 0.2) is 48.5 Å². The van der Waals surface area contributed by atoms with Gasteiger partial charge in [-0.1, -0.05) is 44.2 Å². The van der Waals surface area contributed by atoms with Crippen LogP contribution in [0.2, 0.25) is 0 Å². The molecule has 0 saturated carbocycles. The lowest BCUT2D eigenvalue weighted by Gasteiger charge is -2.19. The van der Waals surface area contributed by atoms with Crippen LogP contribution in [0.1, 0.15) is 44.1 Å². The molecule has 1 aliphatic rings. The van der Waals surface area contributed by atoms with Crippen molar-refractivity contribution in [3.8, 4) is 22.9 Å². The van der Waals surface area contributed by atoms with E-state index < -0.39 is 16.1 Å². The summed E-state index contributed by atoms with van der Waals surface area (Å²) in [6, 6.07) is 15.0. The second-order valence-electron chi connectivity index (χ2n) is 8.51. The van der Waals surface area contributed by atoms with Gasteiger partial charge >= 0.3 is 0 Å². The van der Waals surface area contributed by atoms with Crippen molar-refractivity contribution in [1.29, 1.82) is 0 Å².